The quantitative estimate of drug-likeness (QED) is 0.478. The summed E-state index contributed by atoms with van der Waals surface area (Å²) in [6, 6.07) is 10.8. The van der Waals surface area contributed by atoms with E-state index in [2.05, 4.69) is 33.4 Å². The fourth-order valence-electron chi connectivity index (χ4n) is 6.20. The van der Waals surface area contributed by atoms with E-state index in [1.165, 1.54) is 41.6 Å². The van der Waals surface area contributed by atoms with Gasteiger partial charge in [0.1, 0.15) is 5.82 Å². The zero-order chi connectivity index (χ0) is 23.8. The number of aryl methyl sites for hydroxylation is 1. The van der Waals surface area contributed by atoms with Gasteiger partial charge in [-0.3, -0.25) is 9.78 Å². The molecule has 1 amide bonds. The van der Waals surface area contributed by atoms with Gasteiger partial charge in [-0.25, -0.2) is 4.98 Å². The van der Waals surface area contributed by atoms with E-state index in [-0.39, 0.29) is 30.3 Å². The van der Waals surface area contributed by atoms with E-state index in [4.69, 9.17) is 10.7 Å². The number of nitrogens with zero attached hydrogens (tertiary/aromatic N) is 3. The Kier molecular flexibility index (Phi) is 7.44. The van der Waals surface area contributed by atoms with Crippen molar-refractivity contribution in [1.82, 2.24) is 9.97 Å². The number of hydrogen-bond acceptors (Lipinski definition) is 5. The molecule has 1 saturated carbocycles. The van der Waals surface area contributed by atoms with Gasteiger partial charge in [-0.05, 0) is 85.9 Å². The number of hydrogen-bond donors (Lipinski definition) is 2. The first-order chi connectivity index (χ1) is 17.2. The van der Waals surface area contributed by atoms with E-state index in [0.29, 0.717) is 5.82 Å². The minimum absolute atomic E-state index is 0. The first-order valence-corrected chi connectivity index (χ1v) is 13.4. The summed E-state index contributed by atoms with van der Waals surface area (Å²) in [4.78, 5) is 24.8. The summed E-state index contributed by atoms with van der Waals surface area (Å²) in [7, 11) is 0. The molecule has 0 spiro atoms. The Labute approximate surface area is 219 Å². The number of carbonyl (C=O) groups excluding carboxylic acids is 1. The van der Waals surface area contributed by atoms with Crippen LogP contribution in [-0.2, 0) is 17.6 Å². The minimum atomic E-state index is 0. The van der Waals surface area contributed by atoms with Gasteiger partial charge < -0.3 is 16.0 Å². The summed E-state index contributed by atoms with van der Waals surface area (Å²) >= 11 is 0. The minimum Gasteiger partial charge on any atom is -0.369 e. The van der Waals surface area contributed by atoms with Crippen LogP contribution in [0, 0.1) is 5.92 Å². The molecule has 0 radical (unpaired) electrons. The van der Waals surface area contributed by atoms with Crippen LogP contribution in [0.2, 0.25) is 0 Å². The smallest absolute Gasteiger partial charge is 0.228 e. The Morgan fingerprint density at radius 3 is 2.58 bits per heavy atom. The third kappa shape index (κ3) is 4.94. The lowest BCUT2D eigenvalue weighted by atomic mass is 9.88. The van der Waals surface area contributed by atoms with Crippen molar-refractivity contribution in [3.63, 3.8) is 0 Å². The highest BCUT2D eigenvalue weighted by Crippen LogP contribution is 2.39. The Balaban J connectivity index is 0.00000267. The van der Waals surface area contributed by atoms with Gasteiger partial charge in [-0.1, -0.05) is 25.3 Å². The second-order valence-corrected chi connectivity index (χ2v) is 10.6. The van der Waals surface area contributed by atoms with Crippen LogP contribution in [0.15, 0.2) is 36.5 Å². The highest BCUT2D eigenvalue weighted by Gasteiger charge is 2.27. The van der Waals surface area contributed by atoms with Crippen molar-refractivity contribution in [3.05, 3.63) is 47.8 Å². The van der Waals surface area contributed by atoms with Gasteiger partial charge in [0.15, 0.2) is 0 Å². The Bertz CT molecular complexity index is 1260. The molecule has 0 bridgehead atoms. The molecule has 3 aliphatic rings. The van der Waals surface area contributed by atoms with Crippen molar-refractivity contribution in [2.24, 2.45) is 11.7 Å². The van der Waals surface area contributed by atoms with E-state index >= 15 is 0 Å². The summed E-state index contributed by atoms with van der Waals surface area (Å²) in [6.45, 7) is 1.91. The van der Waals surface area contributed by atoms with Crippen LogP contribution >= 0.6 is 12.4 Å². The van der Waals surface area contributed by atoms with Crippen molar-refractivity contribution in [3.8, 4) is 11.1 Å². The molecular formula is C29H36ClN5O. The average molecular weight is 506 g/mol. The van der Waals surface area contributed by atoms with Crippen molar-refractivity contribution in [2.45, 2.75) is 70.3 Å². The standard InChI is InChI=1S/C29H35N5O.ClH/c30-22-13-15-34(18-22)28-23-8-4-5-9-25(23)32-26-11-10-20(16-24(26)28)21-12-14-31-27(17-21)33-29(35)19-6-2-1-3-7-19;/h10-12,14,16-17,19,22H,1-9,13,15,18,30H2,(H,31,33,35);1H/t22-;/m0./s1. The van der Waals surface area contributed by atoms with Gasteiger partial charge in [0.25, 0.3) is 0 Å². The zero-order valence-corrected chi connectivity index (χ0v) is 21.7. The molecule has 2 aromatic heterocycles. The third-order valence-electron chi connectivity index (χ3n) is 8.09. The maximum Gasteiger partial charge on any atom is 0.228 e. The van der Waals surface area contributed by atoms with Crippen LogP contribution in [0.4, 0.5) is 11.5 Å². The van der Waals surface area contributed by atoms with Crippen molar-refractivity contribution >= 4 is 40.7 Å². The molecule has 1 saturated heterocycles. The second-order valence-electron chi connectivity index (χ2n) is 10.6. The number of nitrogens with two attached hydrogens (primary N) is 1. The summed E-state index contributed by atoms with van der Waals surface area (Å²) in [5.74, 6) is 0.852. The number of halogens is 1. The molecule has 3 heterocycles. The molecule has 1 aromatic carbocycles. The van der Waals surface area contributed by atoms with Gasteiger partial charge in [-0.2, -0.15) is 0 Å². The van der Waals surface area contributed by atoms with Crippen molar-refractivity contribution in [1.29, 1.82) is 0 Å². The highest BCUT2D eigenvalue weighted by molar-refractivity contribution is 5.97. The Hall–Kier alpha value is -2.70. The highest BCUT2D eigenvalue weighted by atomic mass is 35.5. The summed E-state index contributed by atoms with van der Waals surface area (Å²) in [5.41, 5.74) is 13.6. The first-order valence-electron chi connectivity index (χ1n) is 13.4. The number of anilines is 2. The Morgan fingerprint density at radius 1 is 0.972 bits per heavy atom. The van der Waals surface area contributed by atoms with Gasteiger partial charge in [0.2, 0.25) is 5.91 Å². The fourth-order valence-corrected chi connectivity index (χ4v) is 6.20. The lowest BCUT2D eigenvalue weighted by Gasteiger charge is -2.28. The molecule has 0 unspecified atom stereocenters. The van der Waals surface area contributed by atoms with Crippen LogP contribution < -0.4 is 16.0 Å². The summed E-state index contributed by atoms with van der Waals surface area (Å²) in [6.07, 6.45) is 12.9. The van der Waals surface area contributed by atoms with E-state index in [9.17, 15) is 4.79 Å². The van der Waals surface area contributed by atoms with E-state index in [1.807, 2.05) is 12.1 Å². The van der Waals surface area contributed by atoms with Crippen LogP contribution in [-0.4, -0.2) is 35.0 Å². The lowest BCUT2D eigenvalue weighted by Crippen LogP contribution is -2.28. The van der Waals surface area contributed by atoms with E-state index in [1.54, 1.807) is 6.20 Å². The molecule has 1 atom stereocenters. The molecule has 6 nitrogen and oxygen atoms in total. The molecule has 3 N–H and O–H groups in total. The molecule has 2 fully saturated rings. The van der Waals surface area contributed by atoms with Crippen LogP contribution in [0.1, 0.15) is 62.6 Å². The molecule has 1 aliphatic heterocycles. The number of fused-ring (bicyclic) bond motifs is 2. The number of nitrogens with one attached hydrogen (secondary N) is 1. The molecular weight excluding hydrogens is 470 g/mol. The van der Waals surface area contributed by atoms with Gasteiger partial charge >= 0.3 is 0 Å². The van der Waals surface area contributed by atoms with Gasteiger partial charge in [0, 0.05) is 42.3 Å². The second kappa shape index (κ2) is 10.7. The summed E-state index contributed by atoms with van der Waals surface area (Å²) in [5, 5.41) is 4.29. The monoisotopic (exact) mass is 505 g/mol. The summed E-state index contributed by atoms with van der Waals surface area (Å²) < 4.78 is 0. The normalized spacial score (nSPS) is 20.1. The third-order valence-corrected chi connectivity index (χ3v) is 8.09. The predicted molar refractivity (Wildman–Crippen MR) is 149 cm³/mol. The Morgan fingerprint density at radius 2 is 1.78 bits per heavy atom. The molecule has 3 aromatic rings. The maximum absolute atomic E-state index is 12.8. The number of carbonyl (C=O) groups is 1. The van der Waals surface area contributed by atoms with Gasteiger partial charge in [0.05, 0.1) is 11.2 Å². The van der Waals surface area contributed by atoms with Crippen molar-refractivity contribution < 1.29 is 4.79 Å². The van der Waals surface area contributed by atoms with E-state index < -0.39 is 0 Å². The largest absolute Gasteiger partial charge is 0.369 e. The lowest BCUT2D eigenvalue weighted by molar-refractivity contribution is -0.120. The van der Waals surface area contributed by atoms with Crippen molar-refractivity contribution in [2.75, 3.05) is 23.3 Å². The first kappa shape index (κ1) is 25.0. The topological polar surface area (TPSA) is 84.1 Å². The fraction of sp³-hybridized carbons (Fsp3) is 0.483. The van der Waals surface area contributed by atoms with Crippen LogP contribution in [0.3, 0.4) is 0 Å². The number of pyridine rings is 2. The molecule has 7 heteroatoms. The van der Waals surface area contributed by atoms with E-state index in [0.717, 1.165) is 74.7 Å². The molecule has 6 rings (SSSR count). The SMILES string of the molecule is Cl.N[C@H]1CCN(c2c3c(nc4ccc(-c5ccnc(NC(=O)C6CCCCC6)c5)cc24)CCCC3)C1. The van der Waals surface area contributed by atoms with Crippen LogP contribution in [0.5, 0.6) is 0 Å². The average Bonchev–Trinajstić information content (AvgIpc) is 3.33. The molecule has 190 valence electrons. The number of rotatable bonds is 4. The van der Waals surface area contributed by atoms with Crippen LogP contribution in [0.25, 0.3) is 22.0 Å². The molecule has 36 heavy (non-hydrogen) atoms. The maximum atomic E-state index is 12.8. The van der Waals surface area contributed by atoms with Gasteiger partial charge in [-0.15, -0.1) is 12.4 Å². The number of amides is 1. The molecule has 2 aliphatic carbocycles. The number of aromatic nitrogens is 2. The predicted octanol–water partition coefficient (Wildman–Crippen LogP) is 5.65. The zero-order valence-electron chi connectivity index (χ0n) is 20.8. The number of benzene rings is 1.